The first-order valence-corrected chi connectivity index (χ1v) is 7.61. The largest absolute Gasteiger partial charge is 0.497 e. The number of aryl methyl sites for hydroxylation is 1. The van der Waals surface area contributed by atoms with Crippen LogP contribution in [0.25, 0.3) is 0 Å². The third-order valence-electron chi connectivity index (χ3n) is 3.33. The van der Waals surface area contributed by atoms with Gasteiger partial charge in [0, 0.05) is 16.2 Å². The van der Waals surface area contributed by atoms with E-state index in [9.17, 15) is 0 Å². The second kappa shape index (κ2) is 6.82. The number of rotatable bonds is 5. The number of nitrogens with two attached hydrogens (primary N) is 1. The minimum Gasteiger partial charge on any atom is -0.497 e. The summed E-state index contributed by atoms with van der Waals surface area (Å²) in [5.74, 6) is 0.881. The molecule has 0 bridgehead atoms. The molecule has 0 saturated heterocycles. The van der Waals surface area contributed by atoms with E-state index in [1.807, 2.05) is 18.2 Å². The van der Waals surface area contributed by atoms with Crippen molar-refractivity contribution in [3.05, 3.63) is 59.7 Å². The summed E-state index contributed by atoms with van der Waals surface area (Å²) in [6, 6.07) is 16.6. The van der Waals surface area contributed by atoms with Gasteiger partial charge < -0.3 is 10.5 Å². The molecule has 2 nitrogen and oxygen atoms in total. The quantitative estimate of drug-likeness (QED) is 0.838. The molecule has 2 rings (SSSR count). The minimum atomic E-state index is 0.0202. The van der Waals surface area contributed by atoms with Crippen LogP contribution in [0, 0.1) is 6.92 Å². The molecule has 0 radical (unpaired) electrons. The third-order valence-corrected chi connectivity index (χ3v) is 4.52. The Morgan fingerprint density at radius 1 is 1.10 bits per heavy atom. The predicted molar refractivity (Wildman–Crippen MR) is 86.4 cm³/mol. The van der Waals surface area contributed by atoms with Gasteiger partial charge in [0.1, 0.15) is 5.75 Å². The van der Waals surface area contributed by atoms with Crippen molar-refractivity contribution in [3.63, 3.8) is 0 Å². The summed E-state index contributed by atoms with van der Waals surface area (Å²) in [6.45, 7) is 4.25. The topological polar surface area (TPSA) is 35.2 Å². The van der Waals surface area contributed by atoms with Crippen molar-refractivity contribution in [1.29, 1.82) is 0 Å². The molecule has 2 N–H and O–H groups in total. The molecule has 0 saturated carbocycles. The SMILES string of the molecule is COc1cccc(SC(C)C(N)c2ccc(C)cc2)c1. The number of ether oxygens (including phenoxy) is 1. The molecule has 0 aliphatic heterocycles. The Kier molecular flexibility index (Phi) is 5.10. The molecule has 3 heteroatoms. The van der Waals surface area contributed by atoms with Gasteiger partial charge in [0.2, 0.25) is 0 Å². The fourth-order valence-corrected chi connectivity index (χ4v) is 3.10. The van der Waals surface area contributed by atoms with E-state index in [4.69, 9.17) is 10.5 Å². The first-order valence-electron chi connectivity index (χ1n) is 6.73. The van der Waals surface area contributed by atoms with Gasteiger partial charge in [0.15, 0.2) is 0 Å². The molecule has 2 atom stereocenters. The van der Waals surface area contributed by atoms with Crippen LogP contribution in [0.5, 0.6) is 5.75 Å². The lowest BCUT2D eigenvalue weighted by molar-refractivity contribution is 0.413. The van der Waals surface area contributed by atoms with Crippen molar-refractivity contribution >= 4 is 11.8 Å². The van der Waals surface area contributed by atoms with Crippen LogP contribution in [0.15, 0.2) is 53.4 Å². The summed E-state index contributed by atoms with van der Waals surface area (Å²) >= 11 is 1.78. The highest BCUT2D eigenvalue weighted by Gasteiger charge is 2.16. The average molecular weight is 287 g/mol. The predicted octanol–water partition coefficient (Wildman–Crippen LogP) is 4.18. The Labute approximate surface area is 125 Å². The van der Waals surface area contributed by atoms with Gasteiger partial charge in [-0.15, -0.1) is 11.8 Å². The highest BCUT2D eigenvalue weighted by atomic mass is 32.2. The van der Waals surface area contributed by atoms with Gasteiger partial charge in [0.25, 0.3) is 0 Å². The van der Waals surface area contributed by atoms with E-state index in [-0.39, 0.29) is 6.04 Å². The highest BCUT2D eigenvalue weighted by molar-refractivity contribution is 8.00. The summed E-state index contributed by atoms with van der Waals surface area (Å²) in [5.41, 5.74) is 8.79. The fourth-order valence-electron chi connectivity index (χ4n) is 2.02. The number of methoxy groups -OCH3 is 1. The summed E-state index contributed by atoms with van der Waals surface area (Å²) in [6.07, 6.45) is 0. The Hall–Kier alpha value is -1.45. The molecule has 0 aliphatic carbocycles. The minimum absolute atomic E-state index is 0.0202. The zero-order valence-electron chi connectivity index (χ0n) is 12.2. The fraction of sp³-hybridized carbons (Fsp3) is 0.294. The lowest BCUT2D eigenvalue weighted by Crippen LogP contribution is -2.20. The van der Waals surface area contributed by atoms with Crippen LogP contribution in [-0.4, -0.2) is 12.4 Å². The Bertz CT molecular complexity index is 553. The summed E-state index contributed by atoms with van der Waals surface area (Å²) in [4.78, 5) is 1.18. The second-order valence-corrected chi connectivity index (χ2v) is 6.39. The van der Waals surface area contributed by atoms with Gasteiger partial charge in [-0.25, -0.2) is 0 Å². The molecule has 20 heavy (non-hydrogen) atoms. The van der Waals surface area contributed by atoms with Crippen LogP contribution in [0.2, 0.25) is 0 Å². The van der Waals surface area contributed by atoms with Gasteiger partial charge in [-0.1, -0.05) is 42.8 Å². The highest BCUT2D eigenvalue weighted by Crippen LogP contribution is 2.32. The summed E-state index contributed by atoms with van der Waals surface area (Å²) in [5, 5.41) is 0.296. The second-order valence-electron chi connectivity index (χ2n) is 4.94. The van der Waals surface area contributed by atoms with Crippen molar-refractivity contribution in [1.82, 2.24) is 0 Å². The monoisotopic (exact) mass is 287 g/mol. The van der Waals surface area contributed by atoms with Crippen molar-refractivity contribution in [3.8, 4) is 5.75 Å². The van der Waals surface area contributed by atoms with Crippen LogP contribution in [-0.2, 0) is 0 Å². The van der Waals surface area contributed by atoms with Crippen molar-refractivity contribution in [2.75, 3.05) is 7.11 Å². The van der Waals surface area contributed by atoms with Gasteiger partial charge >= 0.3 is 0 Å². The zero-order chi connectivity index (χ0) is 14.5. The maximum atomic E-state index is 6.35. The van der Waals surface area contributed by atoms with E-state index in [0.29, 0.717) is 5.25 Å². The summed E-state index contributed by atoms with van der Waals surface area (Å²) in [7, 11) is 1.69. The molecule has 0 aliphatic rings. The van der Waals surface area contributed by atoms with Crippen LogP contribution in [0.4, 0.5) is 0 Å². The lowest BCUT2D eigenvalue weighted by Gasteiger charge is -2.20. The van der Waals surface area contributed by atoms with E-state index in [1.165, 1.54) is 16.0 Å². The Morgan fingerprint density at radius 2 is 1.80 bits per heavy atom. The molecule has 2 unspecified atom stereocenters. The van der Waals surface area contributed by atoms with Crippen molar-refractivity contribution in [2.45, 2.75) is 30.0 Å². The van der Waals surface area contributed by atoms with E-state index >= 15 is 0 Å². The molecule has 2 aromatic rings. The van der Waals surface area contributed by atoms with E-state index in [1.54, 1.807) is 18.9 Å². The van der Waals surface area contributed by atoms with E-state index in [0.717, 1.165) is 5.75 Å². The molecule has 0 aromatic heterocycles. The van der Waals surface area contributed by atoms with Gasteiger partial charge in [-0.3, -0.25) is 0 Å². The normalized spacial score (nSPS) is 13.8. The Balaban J connectivity index is 2.06. The van der Waals surface area contributed by atoms with Crippen LogP contribution in [0.3, 0.4) is 0 Å². The molecule has 0 amide bonds. The molecule has 2 aromatic carbocycles. The van der Waals surface area contributed by atoms with E-state index < -0.39 is 0 Å². The summed E-state index contributed by atoms with van der Waals surface area (Å²) < 4.78 is 5.25. The molecule has 0 heterocycles. The molecular formula is C17H21NOS. The Morgan fingerprint density at radius 3 is 2.45 bits per heavy atom. The zero-order valence-corrected chi connectivity index (χ0v) is 13.0. The van der Waals surface area contributed by atoms with Crippen LogP contribution in [0.1, 0.15) is 24.1 Å². The maximum Gasteiger partial charge on any atom is 0.119 e. The smallest absolute Gasteiger partial charge is 0.119 e. The van der Waals surface area contributed by atoms with Crippen LogP contribution < -0.4 is 10.5 Å². The number of thioether (sulfide) groups is 1. The van der Waals surface area contributed by atoms with Gasteiger partial charge in [0.05, 0.1) is 7.11 Å². The standard InChI is InChI=1S/C17H21NOS/c1-12-7-9-14(10-8-12)17(18)13(2)20-16-6-4-5-15(11-16)19-3/h4-11,13,17H,18H2,1-3H3. The number of hydrogen-bond acceptors (Lipinski definition) is 3. The molecule has 106 valence electrons. The van der Waals surface area contributed by atoms with Gasteiger partial charge in [-0.05, 0) is 30.7 Å². The first-order chi connectivity index (χ1) is 9.60. The lowest BCUT2D eigenvalue weighted by atomic mass is 10.0. The first kappa shape index (κ1) is 14.9. The van der Waals surface area contributed by atoms with E-state index in [2.05, 4.69) is 44.2 Å². The molecule has 0 spiro atoms. The van der Waals surface area contributed by atoms with Crippen LogP contribution >= 0.6 is 11.8 Å². The number of hydrogen-bond donors (Lipinski definition) is 1. The molecular weight excluding hydrogens is 266 g/mol. The molecule has 0 fully saturated rings. The van der Waals surface area contributed by atoms with Crippen molar-refractivity contribution in [2.24, 2.45) is 5.73 Å². The van der Waals surface area contributed by atoms with Gasteiger partial charge in [-0.2, -0.15) is 0 Å². The average Bonchev–Trinajstić information content (AvgIpc) is 2.47. The van der Waals surface area contributed by atoms with Crippen molar-refractivity contribution < 1.29 is 4.74 Å². The third kappa shape index (κ3) is 3.78. The number of benzene rings is 2. The maximum absolute atomic E-state index is 6.35.